The number of carbonyl (C=O) groups is 1. The molecule has 1 N–H and O–H groups in total. The number of anilines is 2. The summed E-state index contributed by atoms with van der Waals surface area (Å²) in [7, 11) is -3.91. The number of nitrogens with zero attached hydrogens (tertiary/aromatic N) is 2. The number of amides is 1. The van der Waals surface area contributed by atoms with Gasteiger partial charge in [-0.25, -0.2) is 8.42 Å². The van der Waals surface area contributed by atoms with Crippen molar-refractivity contribution in [1.82, 2.24) is 5.32 Å². The molecular weight excluding hydrogens is 446 g/mol. The Morgan fingerprint density at radius 2 is 1.32 bits per heavy atom. The summed E-state index contributed by atoms with van der Waals surface area (Å²) in [6.45, 7) is 8.14. The van der Waals surface area contributed by atoms with Gasteiger partial charge in [0.1, 0.15) is 6.54 Å². The molecule has 7 heteroatoms. The maximum Gasteiger partial charge on any atom is 0.264 e. The Hall–Kier alpha value is -3.32. The van der Waals surface area contributed by atoms with E-state index in [0.717, 1.165) is 36.3 Å². The van der Waals surface area contributed by atoms with E-state index >= 15 is 0 Å². The minimum absolute atomic E-state index is 0.148. The van der Waals surface area contributed by atoms with Gasteiger partial charge < -0.3 is 10.2 Å². The zero-order valence-corrected chi connectivity index (χ0v) is 20.9. The predicted molar refractivity (Wildman–Crippen MR) is 139 cm³/mol. The summed E-state index contributed by atoms with van der Waals surface area (Å²) in [5.41, 5.74) is 3.64. The summed E-state index contributed by atoms with van der Waals surface area (Å²) in [4.78, 5) is 15.2. The van der Waals surface area contributed by atoms with Gasteiger partial charge in [0, 0.05) is 25.3 Å². The summed E-state index contributed by atoms with van der Waals surface area (Å²) in [5, 5.41) is 2.86. The van der Waals surface area contributed by atoms with Crippen molar-refractivity contribution in [3.05, 3.63) is 90.0 Å². The number of hydrogen-bond donors (Lipinski definition) is 1. The Kier molecular flexibility index (Phi) is 8.71. The fraction of sp³-hybridized carbons (Fsp3) is 0.296. The van der Waals surface area contributed by atoms with Crippen LogP contribution < -0.4 is 14.5 Å². The first kappa shape index (κ1) is 25.3. The Bertz CT molecular complexity index is 1160. The monoisotopic (exact) mass is 479 g/mol. The van der Waals surface area contributed by atoms with Crippen molar-refractivity contribution >= 4 is 27.3 Å². The first-order valence-corrected chi connectivity index (χ1v) is 13.1. The van der Waals surface area contributed by atoms with E-state index in [4.69, 9.17) is 0 Å². The minimum Gasteiger partial charge on any atom is -0.372 e. The minimum atomic E-state index is -3.91. The van der Waals surface area contributed by atoms with E-state index in [-0.39, 0.29) is 17.3 Å². The molecule has 6 nitrogen and oxygen atoms in total. The van der Waals surface area contributed by atoms with Crippen LogP contribution in [0, 0.1) is 0 Å². The van der Waals surface area contributed by atoms with E-state index < -0.39 is 10.0 Å². The van der Waals surface area contributed by atoms with Crippen molar-refractivity contribution in [3.63, 3.8) is 0 Å². The first-order chi connectivity index (χ1) is 16.4. The maximum atomic E-state index is 13.4. The highest BCUT2D eigenvalue weighted by atomic mass is 32.2. The topological polar surface area (TPSA) is 69.7 Å². The molecule has 1 amide bonds. The zero-order chi connectivity index (χ0) is 24.6. The van der Waals surface area contributed by atoms with Gasteiger partial charge >= 0.3 is 0 Å². The molecular formula is C27H33N3O3S. The van der Waals surface area contributed by atoms with E-state index in [1.54, 1.807) is 30.3 Å². The quantitative estimate of drug-likeness (QED) is 0.436. The van der Waals surface area contributed by atoms with Crippen LogP contribution >= 0.6 is 0 Å². The number of hydrogen-bond acceptors (Lipinski definition) is 4. The van der Waals surface area contributed by atoms with Gasteiger partial charge in [-0.05, 0) is 67.8 Å². The molecule has 0 bridgehead atoms. The maximum absolute atomic E-state index is 13.4. The van der Waals surface area contributed by atoms with Crippen LogP contribution in [0.5, 0.6) is 0 Å². The summed E-state index contributed by atoms with van der Waals surface area (Å²) < 4.78 is 28.0. The van der Waals surface area contributed by atoms with Crippen molar-refractivity contribution in [2.45, 2.75) is 38.6 Å². The van der Waals surface area contributed by atoms with E-state index in [9.17, 15) is 13.2 Å². The van der Waals surface area contributed by atoms with Crippen molar-refractivity contribution in [1.29, 1.82) is 0 Å². The largest absolute Gasteiger partial charge is 0.372 e. The molecule has 0 fully saturated rings. The van der Waals surface area contributed by atoms with Crippen LogP contribution in [0.15, 0.2) is 83.8 Å². The fourth-order valence-electron chi connectivity index (χ4n) is 3.73. The van der Waals surface area contributed by atoms with E-state index in [1.807, 2.05) is 43.3 Å². The third kappa shape index (κ3) is 6.17. The van der Waals surface area contributed by atoms with Gasteiger partial charge in [0.05, 0.1) is 10.6 Å². The standard InChI is InChI=1S/C27H33N3O3S/c1-4-22-12-18-25(19-13-22)30(34(32,33)26-10-8-7-9-11-26)21-27(31)28-20-23-14-16-24(17-15-23)29(5-2)6-3/h7-19H,4-6,20-21H2,1-3H3,(H,28,31). The summed E-state index contributed by atoms with van der Waals surface area (Å²) in [6, 6.07) is 23.5. The smallest absolute Gasteiger partial charge is 0.264 e. The average Bonchev–Trinajstić information content (AvgIpc) is 2.88. The number of rotatable bonds is 11. The second-order valence-electron chi connectivity index (χ2n) is 7.96. The Balaban J connectivity index is 1.76. The van der Waals surface area contributed by atoms with E-state index in [0.29, 0.717) is 12.2 Å². The van der Waals surface area contributed by atoms with Crippen LogP contribution in [0.3, 0.4) is 0 Å². The van der Waals surface area contributed by atoms with Crippen LogP contribution in [0.2, 0.25) is 0 Å². The first-order valence-electron chi connectivity index (χ1n) is 11.7. The molecule has 0 heterocycles. The highest BCUT2D eigenvalue weighted by molar-refractivity contribution is 7.92. The molecule has 0 radical (unpaired) electrons. The lowest BCUT2D eigenvalue weighted by Gasteiger charge is -2.24. The van der Waals surface area contributed by atoms with Gasteiger partial charge in [-0.15, -0.1) is 0 Å². The molecule has 34 heavy (non-hydrogen) atoms. The van der Waals surface area contributed by atoms with Gasteiger partial charge in [-0.3, -0.25) is 9.10 Å². The van der Waals surface area contributed by atoms with E-state index in [2.05, 4.69) is 24.1 Å². The van der Waals surface area contributed by atoms with Crippen molar-refractivity contribution in [3.8, 4) is 0 Å². The molecule has 180 valence electrons. The summed E-state index contributed by atoms with van der Waals surface area (Å²) >= 11 is 0. The predicted octanol–water partition coefficient (Wildman–Crippen LogP) is 4.61. The molecule has 0 saturated carbocycles. The molecule has 0 aliphatic rings. The van der Waals surface area contributed by atoms with Crippen LogP contribution in [-0.4, -0.2) is 34.0 Å². The normalized spacial score (nSPS) is 11.1. The molecule has 0 aliphatic carbocycles. The molecule has 0 spiro atoms. The number of nitrogens with one attached hydrogen (secondary N) is 1. The average molecular weight is 480 g/mol. The van der Waals surface area contributed by atoms with Crippen molar-refractivity contribution in [2.24, 2.45) is 0 Å². The van der Waals surface area contributed by atoms with Gasteiger partial charge in [0.15, 0.2) is 0 Å². The van der Waals surface area contributed by atoms with Crippen LogP contribution in [0.25, 0.3) is 0 Å². The molecule has 3 aromatic carbocycles. The second kappa shape index (κ2) is 11.7. The van der Waals surface area contributed by atoms with Crippen LogP contribution in [0.1, 0.15) is 31.9 Å². The van der Waals surface area contributed by atoms with Crippen LogP contribution in [0.4, 0.5) is 11.4 Å². The summed E-state index contributed by atoms with van der Waals surface area (Å²) in [5.74, 6) is -0.369. The van der Waals surface area contributed by atoms with Gasteiger partial charge in [0.2, 0.25) is 5.91 Å². The Morgan fingerprint density at radius 1 is 0.765 bits per heavy atom. The molecule has 3 aromatic rings. The van der Waals surface area contributed by atoms with Gasteiger partial charge in [0.25, 0.3) is 10.0 Å². The lowest BCUT2D eigenvalue weighted by Crippen LogP contribution is -2.40. The molecule has 0 saturated heterocycles. The van der Waals surface area contributed by atoms with Gasteiger partial charge in [-0.2, -0.15) is 0 Å². The van der Waals surface area contributed by atoms with Crippen molar-refractivity contribution in [2.75, 3.05) is 28.8 Å². The second-order valence-corrected chi connectivity index (χ2v) is 9.82. The lowest BCUT2D eigenvalue weighted by molar-refractivity contribution is -0.119. The number of benzene rings is 3. The highest BCUT2D eigenvalue weighted by Crippen LogP contribution is 2.24. The third-order valence-electron chi connectivity index (χ3n) is 5.81. The zero-order valence-electron chi connectivity index (χ0n) is 20.1. The molecule has 0 atom stereocenters. The Morgan fingerprint density at radius 3 is 1.88 bits per heavy atom. The highest BCUT2D eigenvalue weighted by Gasteiger charge is 2.27. The number of aryl methyl sites for hydroxylation is 1. The van der Waals surface area contributed by atoms with Crippen LogP contribution in [-0.2, 0) is 27.8 Å². The third-order valence-corrected chi connectivity index (χ3v) is 7.59. The van der Waals surface area contributed by atoms with E-state index in [1.165, 1.54) is 16.4 Å². The van der Waals surface area contributed by atoms with Crippen molar-refractivity contribution < 1.29 is 13.2 Å². The van der Waals surface area contributed by atoms with Gasteiger partial charge in [-0.1, -0.05) is 49.4 Å². The molecule has 3 rings (SSSR count). The Labute approximate surface area is 203 Å². The lowest BCUT2D eigenvalue weighted by atomic mass is 10.1. The number of sulfonamides is 1. The SMILES string of the molecule is CCc1ccc(N(CC(=O)NCc2ccc(N(CC)CC)cc2)S(=O)(=O)c2ccccc2)cc1. The molecule has 0 unspecified atom stereocenters. The number of carbonyl (C=O) groups excluding carboxylic acids is 1. The molecule has 0 aromatic heterocycles. The fourth-order valence-corrected chi connectivity index (χ4v) is 5.18. The summed E-state index contributed by atoms with van der Waals surface area (Å²) in [6.07, 6.45) is 0.846. The molecule has 0 aliphatic heterocycles.